The molecule has 17 heavy (non-hydrogen) atoms. The second kappa shape index (κ2) is 7.27. The molecule has 0 heterocycles. The van der Waals surface area contributed by atoms with E-state index in [9.17, 15) is 8.42 Å². The first kappa shape index (κ1) is 14.8. The third-order valence-electron chi connectivity index (χ3n) is 2.80. The number of hydrogen-bond acceptors (Lipinski definition) is 4. The number of ether oxygens (including phenoxy) is 1. The Bertz CT molecular complexity index is 300. The van der Waals surface area contributed by atoms with Crippen molar-refractivity contribution in [2.75, 3.05) is 19.7 Å². The van der Waals surface area contributed by atoms with Gasteiger partial charge in [0.1, 0.15) is 0 Å². The summed E-state index contributed by atoms with van der Waals surface area (Å²) < 4.78 is 32.8. The van der Waals surface area contributed by atoms with Gasteiger partial charge >= 0.3 is 0 Å². The molecule has 0 bridgehead atoms. The monoisotopic (exact) mass is 265 g/mol. The molecule has 1 aliphatic rings. The van der Waals surface area contributed by atoms with Crippen molar-refractivity contribution in [1.29, 1.82) is 0 Å². The molecule has 7 heteroatoms. The van der Waals surface area contributed by atoms with E-state index in [4.69, 9.17) is 10.5 Å². The third-order valence-corrected chi connectivity index (χ3v) is 4.05. The lowest BCUT2D eigenvalue weighted by molar-refractivity contribution is 0.0287. The van der Waals surface area contributed by atoms with Gasteiger partial charge in [-0.15, -0.1) is 0 Å². The summed E-state index contributed by atoms with van der Waals surface area (Å²) >= 11 is 0. The highest BCUT2D eigenvalue weighted by molar-refractivity contribution is 7.87. The Morgan fingerprint density at radius 2 is 1.88 bits per heavy atom. The highest BCUT2D eigenvalue weighted by atomic mass is 32.2. The van der Waals surface area contributed by atoms with Gasteiger partial charge < -0.3 is 10.5 Å². The maximum atomic E-state index is 11.2. The molecule has 0 saturated heterocycles. The van der Waals surface area contributed by atoms with Crippen molar-refractivity contribution in [3.8, 4) is 0 Å². The predicted molar refractivity (Wildman–Crippen MR) is 66.8 cm³/mol. The zero-order valence-corrected chi connectivity index (χ0v) is 11.1. The molecule has 0 amide bonds. The third kappa shape index (κ3) is 6.32. The summed E-state index contributed by atoms with van der Waals surface area (Å²) in [6, 6.07) is 0.308. The van der Waals surface area contributed by atoms with Crippen LogP contribution in [0.3, 0.4) is 0 Å². The van der Waals surface area contributed by atoms with Crippen molar-refractivity contribution in [1.82, 2.24) is 9.44 Å². The molecule has 0 aromatic heterocycles. The standard InChI is InChI=1S/C10H23N3O3S/c1-2-12-17(14,15)13-7-8-16-10-5-3-9(11)4-6-10/h9-10,12-13H,2-8,11H2,1H3. The minimum Gasteiger partial charge on any atom is -0.377 e. The van der Waals surface area contributed by atoms with Crippen molar-refractivity contribution in [3.63, 3.8) is 0 Å². The van der Waals surface area contributed by atoms with Crippen LogP contribution in [-0.2, 0) is 14.9 Å². The molecule has 1 fully saturated rings. The molecule has 0 aromatic carbocycles. The van der Waals surface area contributed by atoms with E-state index in [0.717, 1.165) is 25.7 Å². The first-order chi connectivity index (χ1) is 8.03. The smallest absolute Gasteiger partial charge is 0.276 e. The lowest BCUT2D eigenvalue weighted by Crippen LogP contribution is -2.39. The summed E-state index contributed by atoms with van der Waals surface area (Å²) in [5, 5.41) is 0. The summed E-state index contributed by atoms with van der Waals surface area (Å²) in [7, 11) is -3.34. The molecule has 0 atom stereocenters. The van der Waals surface area contributed by atoms with E-state index in [1.54, 1.807) is 6.92 Å². The maximum absolute atomic E-state index is 11.2. The zero-order chi connectivity index (χ0) is 12.7. The molecule has 1 aliphatic carbocycles. The lowest BCUT2D eigenvalue weighted by atomic mass is 9.94. The van der Waals surface area contributed by atoms with Crippen LogP contribution in [0.2, 0.25) is 0 Å². The molecule has 1 rings (SSSR count). The number of nitrogens with two attached hydrogens (primary N) is 1. The number of nitrogens with one attached hydrogen (secondary N) is 2. The molecule has 4 N–H and O–H groups in total. The molecule has 6 nitrogen and oxygen atoms in total. The second-order valence-corrected chi connectivity index (χ2v) is 5.89. The van der Waals surface area contributed by atoms with Crippen LogP contribution in [0.15, 0.2) is 0 Å². The summed E-state index contributed by atoms with van der Waals surface area (Å²) in [6.45, 7) is 2.83. The Morgan fingerprint density at radius 1 is 1.24 bits per heavy atom. The first-order valence-corrected chi connectivity index (χ1v) is 7.63. The van der Waals surface area contributed by atoms with Crippen LogP contribution in [-0.4, -0.2) is 40.3 Å². The molecular formula is C10H23N3O3S. The van der Waals surface area contributed by atoms with Crippen LogP contribution in [0, 0.1) is 0 Å². The average Bonchev–Trinajstić information content (AvgIpc) is 2.27. The first-order valence-electron chi connectivity index (χ1n) is 6.15. The van der Waals surface area contributed by atoms with E-state index < -0.39 is 10.2 Å². The minimum atomic E-state index is -3.34. The van der Waals surface area contributed by atoms with Crippen molar-refractivity contribution >= 4 is 10.2 Å². The van der Waals surface area contributed by atoms with Gasteiger partial charge in [-0.05, 0) is 25.7 Å². The summed E-state index contributed by atoms with van der Waals surface area (Å²) in [5.74, 6) is 0. The normalized spacial score (nSPS) is 26.0. The van der Waals surface area contributed by atoms with Crippen LogP contribution in [0.5, 0.6) is 0 Å². The number of rotatable bonds is 7. The van der Waals surface area contributed by atoms with Gasteiger partial charge in [0.05, 0.1) is 12.7 Å². The average molecular weight is 265 g/mol. The Kier molecular flexibility index (Phi) is 6.35. The molecule has 0 radical (unpaired) electrons. The quantitative estimate of drug-likeness (QED) is 0.552. The van der Waals surface area contributed by atoms with Crippen molar-refractivity contribution < 1.29 is 13.2 Å². The van der Waals surface area contributed by atoms with E-state index in [-0.39, 0.29) is 6.10 Å². The van der Waals surface area contributed by atoms with Crippen LogP contribution in [0.1, 0.15) is 32.6 Å². The largest absolute Gasteiger partial charge is 0.377 e. The van der Waals surface area contributed by atoms with Gasteiger partial charge in [-0.2, -0.15) is 13.1 Å². The Hall–Kier alpha value is -0.210. The molecule has 0 aliphatic heterocycles. The lowest BCUT2D eigenvalue weighted by Gasteiger charge is -2.26. The predicted octanol–water partition coefficient (Wildman–Crippen LogP) is -0.283. The van der Waals surface area contributed by atoms with Gasteiger partial charge in [0.25, 0.3) is 10.2 Å². The van der Waals surface area contributed by atoms with Crippen LogP contribution in [0.25, 0.3) is 0 Å². The summed E-state index contributed by atoms with van der Waals surface area (Å²) in [4.78, 5) is 0. The maximum Gasteiger partial charge on any atom is 0.276 e. The van der Waals surface area contributed by atoms with Crippen LogP contribution in [0.4, 0.5) is 0 Å². The second-order valence-electron chi connectivity index (χ2n) is 4.30. The Labute approximate surface area is 103 Å². The molecular weight excluding hydrogens is 242 g/mol. The fraction of sp³-hybridized carbons (Fsp3) is 1.00. The molecule has 0 aromatic rings. The van der Waals surface area contributed by atoms with E-state index in [1.165, 1.54) is 0 Å². The Balaban J connectivity index is 2.08. The highest BCUT2D eigenvalue weighted by Gasteiger charge is 2.18. The summed E-state index contributed by atoms with van der Waals surface area (Å²) in [6.07, 6.45) is 4.17. The van der Waals surface area contributed by atoms with Gasteiger partial charge in [-0.25, -0.2) is 4.72 Å². The van der Waals surface area contributed by atoms with E-state index in [1.807, 2.05) is 0 Å². The SMILES string of the molecule is CCNS(=O)(=O)NCCOC1CCC(N)CC1. The molecule has 0 unspecified atom stereocenters. The molecule has 102 valence electrons. The van der Waals surface area contributed by atoms with Gasteiger partial charge in [0.2, 0.25) is 0 Å². The van der Waals surface area contributed by atoms with E-state index in [2.05, 4.69) is 9.44 Å². The van der Waals surface area contributed by atoms with Gasteiger partial charge in [-0.3, -0.25) is 0 Å². The highest BCUT2D eigenvalue weighted by Crippen LogP contribution is 2.19. The van der Waals surface area contributed by atoms with Crippen molar-refractivity contribution in [3.05, 3.63) is 0 Å². The minimum absolute atomic E-state index is 0.235. The molecule has 1 saturated carbocycles. The fourth-order valence-electron chi connectivity index (χ4n) is 1.90. The molecule has 0 spiro atoms. The zero-order valence-electron chi connectivity index (χ0n) is 10.3. The topological polar surface area (TPSA) is 93.5 Å². The van der Waals surface area contributed by atoms with Crippen LogP contribution >= 0.6 is 0 Å². The summed E-state index contributed by atoms with van der Waals surface area (Å²) in [5.41, 5.74) is 5.79. The van der Waals surface area contributed by atoms with Gasteiger partial charge in [0.15, 0.2) is 0 Å². The fourth-order valence-corrected chi connectivity index (χ4v) is 2.73. The van der Waals surface area contributed by atoms with Gasteiger partial charge in [-0.1, -0.05) is 6.92 Å². The number of hydrogen-bond donors (Lipinski definition) is 3. The van der Waals surface area contributed by atoms with Gasteiger partial charge in [0, 0.05) is 19.1 Å². The van der Waals surface area contributed by atoms with Crippen molar-refractivity contribution in [2.24, 2.45) is 5.73 Å². The van der Waals surface area contributed by atoms with Crippen LogP contribution < -0.4 is 15.2 Å². The van der Waals surface area contributed by atoms with E-state index in [0.29, 0.717) is 25.7 Å². The van der Waals surface area contributed by atoms with E-state index >= 15 is 0 Å². The Morgan fingerprint density at radius 3 is 2.47 bits per heavy atom. The van der Waals surface area contributed by atoms with Crippen molar-refractivity contribution in [2.45, 2.75) is 44.8 Å².